The first-order chi connectivity index (χ1) is 15.4. The van der Waals surface area contributed by atoms with Gasteiger partial charge in [0.05, 0.1) is 16.4 Å². The van der Waals surface area contributed by atoms with E-state index >= 15 is 0 Å². The molecule has 0 aliphatic carbocycles. The number of hydrogen-bond donors (Lipinski definition) is 1. The number of nitrogens with zero attached hydrogens (tertiary/aromatic N) is 2. The second-order valence-electron chi connectivity index (χ2n) is 7.09. The Morgan fingerprint density at radius 1 is 1.09 bits per heavy atom. The molecule has 3 aromatic rings. The smallest absolute Gasteiger partial charge is 0.269 e. The van der Waals surface area contributed by atoms with Gasteiger partial charge in [-0.15, -0.1) is 11.8 Å². The molecule has 8 heteroatoms. The van der Waals surface area contributed by atoms with Gasteiger partial charge in [-0.3, -0.25) is 14.9 Å². The third-order valence-electron chi connectivity index (χ3n) is 4.52. The molecule has 0 aliphatic heterocycles. The maximum absolute atomic E-state index is 12.2. The molecule has 3 aromatic carbocycles. The van der Waals surface area contributed by atoms with E-state index in [9.17, 15) is 14.9 Å². The molecule has 0 bridgehead atoms. The minimum Gasteiger partial charge on any atom is -0.489 e. The van der Waals surface area contributed by atoms with Gasteiger partial charge in [-0.1, -0.05) is 17.7 Å². The number of nitro benzene ring substituents is 1. The molecule has 164 valence electrons. The lowest BCUT2D eigenvalue weighted by molar-refractivity contribution is -0.384. The van der Waals surface area contributed by atoms with E-state index in [0.29, 0.717) is 12.4 Å². The molecule has 0 fully saturated rings. The van der Waals surface area contributed by atoms with Gasteiger partial charge in [-0.25, -0.2) is 5.43 Å². The molecule has 1 atom stereocenters. The molecule has 0 saturated heterocycles. The summed E-state index contributed by atoms with van der Waals surface area (Å²) in [6.07, 6.45) is 1.57. The molecule has 0 unspecified atom stereocenters. The van der Waals surface area contributed by atoms with Gasteiger partial charge in [0.2, 0.25) is 0 Å². The van der Waals surface area contributed by atoms with Crippen molar-refractivity contribution in [2.24, 2.45) is 5.10 Å². The fraction of sp³-hybridized carbons (Fsp3) is 0.167. The number of aryl methyl sites for hydroxylation is 1. The van der Waals surface area contributed by atoms with Crippen molar-refractivity contribution in [1.29, 1.82) is 0 Å². The molecular weight excluding hydrogens is 426 g/mol. The Labute approximate surface area is 190 Å². The van der Waals surface area contributed by atoms with E-state index in [4.69, 9.17) is 4.74 Å². The van der Waals surface area contributed by atoms with Crippen LogP contribution >= 0.6 is 11.8 Å². The van der Waals surface area contributed by atoms with Crippen LogP contribution in [0.15, 0.2) is 82.8 Å². The normalized spacial score (nSPS) is 11.8. The number of carbonyl (C=O) groups is 1. The van der Waals surface area contributed by atoms with E-state index in [1.165, 1.54) is 29.5 Å². The first-order valence-corrected chi connectivity index (χ1v) is 10.8. The molecule has 0 saturated carbocycles. The molecule has 0 spiro atoms. The first kappa shape index (κ1) is 23.0. The largest absolute Gasteiger partial charge is 0.489 e. The van der Waals surface area contributed by atoms with Crippen LogP contribution in [0.25, 0.3) is 0 Å². The molecule has 1 amide bonds. The maximum atomic E-state index is 12.2. The van der Waals surface area contributed by atoms with Crippen LogP contribution < -0.4 is 10.2 Å². The minimum absolute atomic E-state index is 0.0487. The second-order valence-corrected chi connectivity index (χ2v) is 8.50. The number of ether oxygens (including phenoxy) is 1. The van der Waals surface area contributed by atoms with Crippen molar-refractivity contribution >= 4 is 29.6 Å². The maximum Gasteiger partial charge on any atom is 0.269 e. The van der Waals surface area contributed by atoms with Gasteiger partial charge < -0.3 is 4.74 Å². The standard InChI is InChI=1S/C24H23N3O4S/c1-17-3-13-23(14-4-17)32-18(2)24(28)26-25-15-19-7-11-22(12-8-19)31-16-20-5-9-21(10-6-20)27(29)30/h3-15,18H,16H2,1-2H3,(H,26,28)/b25-15-/t18-/m1/s1. The van der Waals surface area contributed by atoms with Crippen LogP contribution in [0.3, 0.4) is 0 Å². The summed E-state index contributed by atoms with van der Waals surface area (Å²) in [5.74, 6) is 0.488. The Bertz CT molecular complexity index is 1080. The third kappa shape index (κ3) is 6.95. The van der Waals surface area contributed by atoms with Crippen LogP contribution in [-0.2, 0) is 11.4 Å². The SMILES string of the molecule is Cc1ccc(S[C@H](C)C(=O)N/N=C\c2ccc(OCc3ccc([N+](=O)[O-])cc3)cc2)cc1. The van der Waals surface area contributed by atoms with E-state index in [1.807, 2.05) is 50.2 Å². The highest BCUT2D eigenvalue weighted by Crippen LogP contribution is 2.23. The first-order valence-electron chi connectivity index (χ1n) is 9.93. The summed E-state index contributed by atoms with van der Waals surface area (Å²) in [5.41, 5.74) is 5.44. The lowest BCUT2D eigenvalue weighted by Gasteiger charge is -2.09. The molecule has 0 radical (unpaired) electrons. The molecule has 0 aromatic heterocycles. The predicted octanol–water partition coefficient (Wildman–Crippen LogP) is 5.11. The topological polar surface area (TPSA) is 93.8 Å². The van der Waals surface area contributed by atoms with Crippen LogP contribution in [-0.4, -0.2) is 22.3 Å². The molecule has 1 N–H and O–H groups in total. The molecule has 7 nitrogen and oxygen atoms in total. The molecule has 3 rings (SSSR count). The summed E-state index contributed by atoms with van der Waals surface area (Å²) in [5, 5.41) is 14.5. The van der Waals surface area contributed by atoms with Crippen LogP contribution in [0.2, 0.25) is 0 Å². The molecule has 32 heavy (non-hydrogen) atoms. The highest BCUT2D eigenvalue weighted by atomic mass is 32.2. The Balaban J connectivity index is 1.45. The van der Waals surface area contributed by atoms with Gasteiger partial charge in [0.15, 0.2) is 0 Å². The fourth-order valence-electron chi connectivity index (χ4n) is 2.67. The number of thioether (sulfide) groups is 1. The average molecular weight is 450 g/mol. The van der Waals surface area contributed by atoms with Gasteiger partial charge in [0.1, 0.15) is 12.4 Å². The van der Waals surface area contributed by atoms with E-state index in [2.05, 4.69) is 10.5 Å². The second kappa shape index (κ2) is 11.1. The van der Waals surface area contributed by atoms with Crippen LogP contribution in [0.4, 0.5) is 5.69 Å². The number of hydrazone groups is 1. The summed E-state index contributed by atoms with van der Waals surface area (Å²) in [7, 11) is 0. The van der Waals surface area contributed by atoms with Crippen molar-refractivity contribution in [1.82, 2.24) is 5.43 Å². The number of nitrogens with one attached hydrogen (secondary N) is 1. The monoisotopic (exact) mass is 449 g/mol. The third-order valence-corrected chi connectivity index (χ3v) is 5.64. The number of hydrogen-bond acceptors (Lipinski definition) is 6. The van der Waals surface area contributed by atoms with Gasteiger partial charge in [-0.05, 0) is 73.5 Å². The predicted molar refractivity (Wildman–Crippen MR) is 126 cm³/mol. The van der Waals surface area contributed by atoms with Crippen molar-refractivity contribution in [2.45, 2.75) is 30.6 Å². The van der Waals surface area contributed by atoms with Crippen molar-refractivity contribution in [3.05, 3.63) is 99.6 Å². The van der Waals surface area contributed by atoms with Gasteiger partial charge in [-0.2, -0.15) is 5.10 Å². The van der Waals surface area contributed by atoms with Crippen LogP contribution in [0.5, 0.6) is 5.75 Å². The van der Waals surface area contributed by atoms with E-state index in [-0.39, 0.29) is 16.8 Å². The van der Waals surface area contributed by atoms with Gasteiger partial charge >= 0.3 is 0 Å². The van der Waals surface area contributed by atoms with Crippen molar-refractivity contribution < 1.29 is 14.5 Å². The lowest BCUT2D eigenvalue weighted by Crippen LogP contribution is -2.26. The van der Waals surface area contributed by atoms with Crippen molar-refractivity contribution in [3.8, 4) is 5.75 Å². The highest BCUT2D eigenvalue weighted by molar-refractivity contribution is 8.00. The highest BCUT2D eigenvalue weighted by Gasteiger charge is 2.13. The number of amides is 1. The van der Waals surface area contributed by atoms with Crippen molar-refractivity contribution in [2.75, 3.05) is 0 Å². The van der Waals surface area contributed by atoms with E-state index < -0.39 is 4.92 Å². The molecule has 0 heterocycles. The Morgan fingerprint density at radius 2 is 1.75 bits per heavy atom. The summed E-state index contributed by atoms with van der Waals surface area (Å²) < 4.78 is 5.70. The lowest BCUT2D eigenvalue weighted by atomic mass is 10.2. The van der Waals surface area contributed by atoms with Crippen LogP contribution in [0, 0.1) is 17.0 Å². The number of nitro groups is 1. The zero-order chi connectivity index (χ0) is 22.9. The van der Waals surface area contributed by atoms with Crippen LogP contribution in [0.1, 0.15) is 23.6 Å². The number of carbonyl (C=O) groups excluding carboxylic acids is 1. The average Bonchev–Trinajstić information content (AvgIpc) is 2.80. The fourth-order valence-corrected chi connectivity index (χ4v) is 3.53. The van der Waals surface area contributed by atoms with E-state index in [0.717, 1.165) is 16.0 Å². The zero-order valence-corrected chi connectivity index (χ0v) is 18.5. The van der Waals surface area contributed by atoms with Gasteiger partial charge in [0.25, 0.3) is 11.6 Å². The summed E-state index contributed by atoms with van der Waals surface area (Å²) in [6, 6.07) is 21.5. The Kier molecular flexibility index (Phi) is 7.99. The minimum atomic E-state index is -0.434. The quantitative estimate of drug-likeness (QED) is 0.212. The zero-order valence-electron chi connectivity index (χ0n) is 17.7. The number of rotatable bonds is 9. The van der Waals surface area contributed by atoms with Crippen molar-refractivity contribution in [3.63, 3.8) is 0 Å². The molecular formula is C24H23N3O4S. The van der Waals surface area contributed by atoms with Gasteiger partial charge in [0, 0.05) is 17.0 Å². The molecule has 0 aliphatic rings. The Morgan fingerprint density at radius 3 is 2.38 bits per heavy atom. The van der Waals surface area contributed by atoms with E-state index in [1.54, 1.807) is 30.5 Å². The summed E-state index contributed by atoms with van der Waals surface area (Å²) >= 11 is 1.48. The summed E-state index contributed by atoms with van der Waals surface area (Å²) in [4.78, 5) is 23.5. The number of benzene rings is 3. The Hall–Kier alpha value is -3.65. The number of non-ortho nitro benzene ring substituents is 1. The summed E-state index contributed by atoms with van der Waals surface area (Å²) in [6.45, 7) is 4.17.